The van der Waals surface area contributed by atoms with Gasteiger partial charge in [-0.3, -0.25) is 9.59 Å². The second-order valence-electron chi connectivity index (χ2n) is 5.82. The minimum Gasteiger partial charge on any atom is -0.496 e. The molecule has 1 aliphatic heterocycles. The minimum atomic E-state index is -0.481. The van der Waals surface area contributed by atoms with Crippen LogP contribution in [0.2, 0.25) is 0 Å². The number of carbonyl (C=O) groups is 2. The summed E-state index contributed by atoms with van der Waals surface area (Å²) >= 11 is 3.35. The molecule has 0 aromatic heterocycles. The van der Waals surface area contributed by atoms with Crippen LogP contribution in [0.3, 0.4) is 0 Å². The topological polar surface area (TPSA) is 58.6 Å². The number of para-hydroxylation sites is 1. The number of anilines is 1. The predicted molar refractivity (Wildman–Crippen MR) is 99.7 cm³/mol. The Hall–Kier alpha value is -2.18. The molecule has 6 heteroatoms. The molecule has 25 heavy (non-hydrogen) atoms. The summed E-state index contributed by atoms with van der Waals surface area (Å²) in [6, 6.07) is 14.5. The third kappa shape index (κ3) is 3.91. The smallest absolute Gasteiger partial charge is 0.251 e. The normalized spacial score (nSPS) is 17.2. The largest absolute Gasteiger partial charge is 0.496 e. The third-order valence-corrected chi connectivity index (χ3v) is 4.74. The number of carbonyl (C=O) groups excluding carboxylic acids is 2. The standard InChI is InChI=1S/C19H19BrN2O3/c1-25-17-5-3-2-4-13(17)10-11-21-16-12-18(23)22(19(16)24)15-8-6-14(20)7-9-15/h2-9,16,21H,10-12H2,1H3. The molecule has 130 valence electrons. The molecule has 1 fully saturated rings. The van der Waals surface area contributed by atoms with Crippen molar-refractivity contribution in [2.75, 3.05) is 18.6 Å². The van der Waals surface area contributed by atoms with Crippen molar-refractivity contribution in [3.8, 4) is 5.75 Å². The predicted octanol–water partition coefficient (Wildman–Crippen LogP) is 2.92. The summed E-state index contributed by atoms with van der Waals surface area (Å²) in [6.07, 6.45) is 0.904. The van der Waals surface area contributed by atoms with Crippen LogP contribution in [0.4, 0.5) is 5.69 Å². The Morgan fingerprint density at radius 2 is 1.88 bits per heavy atom. The highest BCUT2D eigenvalue weighted by Crippen LogP contribution is 2.25. The van der Waals surface area contributed by atoms with Gasteiger partial charge in [0.15, 0.2) is 0 Å². The van der Waals surface area contributed by atoms with Crippen LogP contribution in [0.15, 0.2) is 53.0 Å². The van der Waals surface area contributed by atoms with Gasteiger partial charge in [-0.1, -0.05) is 34.1 Å². The summed E-state index contributed by atoms with van der Waals surface area (Å²) in [5, 5.41) is 3.20. The highest BCUT2D eigenvalue weighted by Gasteiger charge is 2.39. The molecule has 0 radical (unpaired) electrons. The van der Waals surface area contributed by atoms with E-state index in [0.29, 0.717) is 12.2 Å². The second-order valence-corrected chi connectivity index (χ2v) is 6.73. The van der Waals surface area contributed by atoms with Crippen LogP contribution in [0.5, 0.6) is 5.75 Å². The van der Waals surface area contributed by atoms with Gasteiger partial charge in [0.25, 0.3) is 5.91 Å². The van der Waals surface area contributed by atoms with Gasteiger partial charge in [-0.05, 0) is 42.3 Å². The van der Waals surface area contributed by atoms with Crippen molar-refractivity contribution >= 4 is 33.4 Å². The lowest BCUT2D eigenvalue weighted by Crippen LogP contribution is -2.39. The van der Waals surface area contributed by atoms with Gasteiger partial charge in [-0.15, -0.1) is 0 Å². The van der Waals surface area contributed by atoms with Crippen molar-refractivity contribution < 1.29 is 14.3 Å². The lowest BCUT2D eigenvalue weighted by atomic mass is 10.1. The summed E-state index contributed by atoms with van der Waals surface area (Å²) in [4.78, 5) is 26.1. The van der Waals surface area contributed by atoms with Gasteiger partial charge in [-0.2, -0.15) is 0 Å². The van der Waals surface area contributed by atoms with E-state index in [2.05, 4.69) is 21.2 Å². The average Bonchev–Trinajstić information content (AvgIpc) is 2.90. The van der Waals surface area contributed by atoms with Crippen molar-refractivity contribution in [1.29, 1.82) is 0 Å². The van der Waals surface area contributed by atoms with E-state index in [4.69, 9.17) is 4.74 Å². The van der Waals surface area contributed by atoms with Crippen LogP contribution in [0.25, 0.3) is 0 Å². The van der Waals surface area contributed by atoms with Gasteiger partial charge in [-0.25, -0.2) is 4.90 Å². The van der Waals surface area contributed by atoms with Gasteiger partial charge in [0.1, 0.15) is 5.75 Å². The summed E-state index contributed by atoms with van der Waals surface area (Å²) in [7, 11) is 1.64. The van der Waals surface area contributed by atoms with Gasteiger partial charge < -0.3 is 10.1 Å². The average molecular weight is 403 g/mol. The van der Waals surface area contributed by atoms with Crippen LogP contribution in [0.1, 0.15) is 12.0 Å². The Balaban J connectivity index is 1.62. The summed E-state index contributed by atoms with van der Waals surface area (Å²) in [5.74, 6) is 0.448. The number of ether oxygens (including phenoxy) is 1. The van der Waals surface area contributed by atoms with Crippen molar-refractivity contribution in [3.05, 3.63) is 58.6 Å². The maximum atomic E-state index is 12.6. The fraction of sp³-hybridized carbons (Fsp3) is 0.263. The molecule has 2 amide bonds. The lowest BCUT2D eigenvalue weighted by molar-refractivity contribution is -0.121. The zero-order chi connectivity index (χ0) is 17.8. The van der Waals surface area contributed by atoms with E-state index in [-0.39, 0.29) is 18.2 Å². The summed E-state index contributed by atoms with van der Waals surface area (Å²) in [6.45, 7) is 0.595. The number of hydrogen-bond donors (Lipinski definition) is 1. The monoisotopic (exact) mass is 402 g/mol. The molecule has 5 nitrogen and oxygen atoms in total. The van der Waals surface area contributed by atoms with E-state index in [1.165, 1.54) is 4.90 Å². The van der Waals surface area contributed by atoms with Crippen LogP contribution in [-0.4, -0.2) is 31.5 Å². The van der Waals surface area contributed by atoms with E-state index < -0.39 is 6.04 Å². The minimum absolute atomic E-state index is 0.179. The van der Waals surface area contributed by atoms with Gasteiger partial charge in [0.05, 0.1) is 25.3 Å². The SMILES string of the molecule is COc1ccccc1CCNC1CC(=O)N(c2ccc(Br)cc2)C1=O. The molecular weight excluding hydrogens is 384 g/mol. The van der Waals surface area contributed by atoms with E-state index in [1.54, 1.807) is 19.2 Å². The number of nitrogens with one attached hydrogen (secondary N) is 1. The van der Waals surface area contributed by atoms with Gasteiger partial charge in [0, 0.05) is 11.0 Å². The third-order valence-electron chi connectivity index (χ3n) is 4.21. The number of nitrogens with zero attached hydrogens (tertiary/aromatic N) is 1. The number of hydrogen-bond acceptors (Lipinski definition) is 4. The molecule has 0 spiro atoms. The number of amides is 2. The number of halogens is 1. The second kappa shape index (κ2) is 7.80. The van der Waals surface area contributed by atoms with Gasteiger partial charge >= 0.3 is 0 Å². The Labute approximate surface area is 155 Å². The molecule has 1 N–H and O–H groups in total. The Morgan fingerprint density at radius 3 is 2.60 bits per heavy atom. The van der Waals surface area contributed by atoms with Crippen molar-refractivity contribution in [1.82, 2.24) is 5.32 Å². The zero-order valence-electron chi connectivity index (χ0n) is 13.9. The first-order valence-corrected chi connectivity index (χ1v) is 8.87. The molecule has 1 aliphatic rings. The van der Waals surface area contributed by atoms with Crippen LogP contribution in [0, 0.1) is 0 Å². The molecule has 2 aromatic carbocycles. The Morgan fingerprint density at radius 1 is 1.16 bits per heavy atom. The Bertz CT molecular complexity index is 776. The molecule has 1 unspecified atom stereocenters. The Kier molecular flexibility index (Phi) is 5.50. The summed E-state index contributed by atoms with van der Waals surface area (Å²) in [5.41, 5.74) is 1.67. The number of imide groups is 1. The maximum absolute atomic E-state index is 12.6. The van der Waals surface area contributed by atoms with E-state index >= 15 is 0 Å². The van der Waals surface area contributed by atoms with Crippen LogP contribution < -0.4 is 15.0 Å². The number of benzene rings is 2. The molecular formula is C19H19BrN2O3. The number of methoxy groups -OCH3 is 1. The quantitative estimate of drug-likeness (QED) is 0.754. The van der Waals surface area contributed by atoms with Crippen molar-refractivity contribution in [3.63, 3.8) is 0 Å². The van der Waals surface area contributed by atoms with E-state index in [9.17, 15) is 9.59 Å². The molecule has 1 saturated heterocycles. The van der Waals surface area contributed by atoms with E-state index in [0.717, 1.165) is 22.2 Å². The zero-order valence-corrected chi connectivity index (χ0v) is 15.5. The molecule has 3 rings (SSSR count). The summed E-state index contributed by atoms with van der Waals surface area (Å²) < 4.78 is 6.23. The first kappa shape index (κ1) is 17.6. The molecule has 1 atom stereocenters. The van der Waals surface area contributed by atoms with Crippen LogP contribution >= 0.6 is 15.9 Å². The maximum Gasteiger partial charge on any atom is 0.251 e. The van der Waals surface area contributed by atoms with Crippen LogP contribution in [-0.2, 0) is 16.0 Å². The highest BCUT2D eigenvalue weighted by atomic mass is 79.9. The fourth-order valence-corrected chi connectivity index (χ4v) is 3.21. The highest BCUT2D eigenvalue weighted by molar-refractivity contribution is 9.10. The van der Waals surface area contributed by atoms with Crippen molar-refractivity contribution in [2.24, 2.45) is 0 Å². The number of rotatable bonds is 6. The van der Waals surface area contributed by atoms with Crippen molar-refractivity contribution in [2.45, 2.75) is 18.9 Å². The van der Waals surface area contributed by atoms with Gasteiger partial charge in [0.2, 0.25) is 5.91 Å². The lowest BCUT2D eigenvalue weighted by Gasteiger charge is -2.16. The molecule has 0 bridgehead atoms. The van der Waals surface area contributed by atoms with E-state index in [1.807, 2.05) is 36.4 Å². The molecule has 1 heterocycles. The fourth-order valence-electron chi connectivity index (χ4n) is 2.94. The molecule has 0 saturated carbocycles. The molecule has 0 aliphatic carbocycles. The first-order valence-electron chi connectivity index (χ1n) is 8.08. The first-order chi connectivity index (χ1) is 12.1. The molecule has 2 aromatic rings.